The van der Waals surface area contributed by atoms with Crippen molar-refractivity contribution < 1.29 is 22.8 Å². The molecular formula is C18H22ClN3O5S. The van der Waals surface area contributed by atoms with Gasteiger partial charge in [0.1, 0.15) is 0 Å². The van der Waals surface area contributed by atoms with Gasteiger partial charge in [0.2, 0.25) is 17.7 Å². The maximum Gasteiger partial charge on any atom is 0.244 e. The van der Waals surface area contributed by atoms with Crippen LogP contribution in [0.25, 0.3) is 0 Å². The molecule has 8 nitrogen and oxygen atoms in total. The average molecular weight is 428 g/mol. The number of likely N-dealkylation sites (N-methyl/N-ethyl adjacent to an activating group) is 1. The highest BCUT2D eigenvalue weighted by atomic mass is 35.5. The lowest BCUT2D eigenvalue weighted by molar-refractivity contribution is -0.137. The number of rotatable bonds is 5. The Morgan fingerprint density at radius 3 is 2.68 bits per heavy atom. The minimum atomic E-state index is -3.11. The number of amides is 3. The summed E-state index contributed by atoms with van der Waals surface area (Å²) in [6, 6.07) is 6.42. The lowest BCUT2D eigenvalue weighted by Crippen LogP contribution is -2.41. The van der Waals surface area contributed by atoms with Crippen LogP contribution in [0.15, 0.2) is 24.3 Å². The zero-order valence-corrected chi connectivity index (χ0v) is 17.0. The molecule has 0 spiro atoms. The van der Waals surface area contributed by atoms with Crippen LogP contribution in [-0.4, -0.2) is 73.6 Å². The second-order valence-corrected chi connectivity index (χ2v) is 9.86. The molecule has 2 fully saturated rings. The van der Waals surface area contributed by atoms with Crippen molar-refractivity contribution in [2.75, 3.05) is 37.0 Å². The number of nitrogens with one attached hydrogen (secondary N) is 1. The van der Waals surface area contributed by atoms with Gasteiger partial charge in [0.05, 0.1) is 34.7 Å². The first kappa shape index (κ1) is 20.6. The Hall–Kier alpha value is -2.13. The summed E-state index contributed by atoms with van der Waals surface area (Å²) in [6.07, 6.45) is 0.441. The molecule has 2 saturated heterocycles. The highest BCUT2D eigenvalue weighted by Crippen LogP contribution is 2.27. The van der Waals surface area contributed by atoms with Gasteiger partial charge < -0.3 is 15.1 Å². The first-order valence-electron chi connectivity index (χ1n) is 8.95. The number of likely N-dealkylation sites (tertiary alicyclic amines) is 1. The molecule has 1 aromatic carbocycles. The number of carbonyl (C=O) groups is 3. The van der Waals surface area contributed by atoms with Gasteiger partial charge in [-0.3, -0.25) is 14.4 Å². The summed E-state index contributed by atoms with van der Waals surface area (Å²) in [4.78, 5) is 39.9. The zero-order valence-electron chi connectivity index (χ0n) is 15.4. The Kier molecular flexibility index (Phi) is 5.95. The van der Waals surface area contributed by atoms with Gasteiger partial charge in [0.25, 0.3) is 0 Å². The molecule has 2 heterocycles. The normalized spacial score (nSPS) is 23.6. The molecule has 3 amide bonds. The SMILES string of the molecule is CN(CC(=O)Nc1ccccc1Cl)C(=O)[C@H]1CC(=O)N([C@@H]2CCS(=O)(=O)C2)C1. The number of para-hydroxylation sites is 1. The predicted molar refractivity (Wildman–Crippen MR) is 105 cm³/mol. The number of hydrogen-bond donors (Lipinski definition) is 1. The van der Waals surface area contributed by atoms with E-state index in [1.54, 1.807) is 24.3 Å². The van der Waals surface area contributed by atoms with Crippen LogP contribution in [-0.2, 0) is 24.2 Å². The fourth-order valence-electron chi connectivity index (χ4n) is 3.63. The topological polar surface area (TPSA) is 104 Å². The number of halogens is 1. The van der Waals surface area contributed by atoms with Gasteiger partial charge in [0.15, 0.2) is 9.84 Å². The standard InChI is InChI=1S/C18H22ClN3O5S/c1-21(10-16(23)20-15-5-3-2-4-14(15)19)18(25)12-8-17(24)22(9-12)13-6-7-28(26,27)11-13/h2-5,12-13H,6-11H2,1H3,(H,20,23)/t12-,13+/m0/s1. The highest BCUT2D eigenvalue weighted by Gasteiger charge is 2.42. The van der Waals surface area contributed by atoms with Crippen molar-refractivity contribution >= 4 is 44.8 Å². The zero-order chi connectivity index (χ0) is 20.5. The van der Waals surface area contributed by atoms with E-state index < -0.39 is 21.7 Å². The van der Waals surface area contributed by atoms with E-state index in [0.29, 0.717) is 17.1 Å². The smallest absolute Gasteiger partial charge is 0.244 e. The maximum absolute atomic E-state index is 12.7. The number of hydrogen-bond acceptors (Lipinski definition) is 5. The molecule has 2 aliphatic rings. The third kappa shape index (κ3) is 4.64. The van der Waals surface area contributed by atoms with Crippen molar-refractivity contribution in [2.24, 2.45) is 5.92 Å². The summed E-state index contributed by atoms with van der Waals surface area (Å²) in [5.41, 5.74) is 0.458. The molecule has 0 aliphatic carbocycles. The second-order valence-electron chi connectivity index (χ2n) is 7.23. The van der Waals surface area contributed by atoms with E-state index in [9.17, 15) is 22.8 Å². The largest absolute Gasteiger partial charge is 0.338 e. The van der Waals surface area contributed by atoms with E-state index in [-0.39, 0.29) is 48.9 Å². The predicted octanol–water partition coefficient (Wildman–Crippen LogP) is 0.772. The minimum Gasteiger partial charge on any atom is -0.338 e. The minimum absolute atomic E-state index is 0.0336. The van der Waals surface area contributed by atoms with Gasteiger partial charge in [-0.1, -0.05) is 23.7 Å². The van der Waals surface area contributed by atoms with Crippen LogP contribution in [0.3, 0.4) is 0 Å². The van der Waals surface area contributed by atoms with E-state index in [1.807, 2.05) is 0 Å². The first-order chi connectivity index (χ1) is 13.2. The second kappa shape index (κ2) is 8.08. The number of benzene rings is 1. The van der Waals surface area contributed by atoms with Crippen LogP contribution in [0.1, 0.15) is 12.8 Å². The number of anilines is 1. The first-order valence-corrected chi connectivity index (χ1v) is 11.2. The van der Waals surface area contributed by atoms with Crippen molar-refractivity contribution in [3.05, 3.63) is 29.3 Å². The highest BCUT2D eigenvalue weighted by molar-refractivity contribution is 7.91. The molecule has 1 aromatic rings. The fourth-order valence-corrected chi connectivity index (χ4v) is 5.54. The van der Waals surface area contributed by atoms with Crippen molar-refractivity contribution in [1.29, 1.82) is 0 Å². The number of nitrogens with zero attached hydrogens (tertiary/aromatic N) is 2. The molecule has 0 unspecified atom stereocenters. The average Bonchev–Trinajstić information content (AvgIpc) is 3.18. The molecule has 28 heavy (non-hydrogen) atoms. The summed E-state index contributed by atoms with van der Waals surface area (Å²) in [6.45, 7) is 0.0148. The van der Waals surface area contributed by atoms with Gasteiger partial charge in [-0.15, -0.1) is 0 Å². The molecule has 1 N–H and O–H groups in total. The lowest BCUT2D eigenvalue weighted by Gasteiger charge is -2.24. The van der Waals surface area contributed by atoms with Gasteiger partial charge in [-0.25, -0.2) is 8.42 Å². The number of carbonyl (C=O) groups excluding carboxylic acids is 3. The van der Waals surface area contributed by atoms with Crippen molar-refractivity contribution in [1.82, 2.24) is 9.80 Å². The van der Waals surface area contributed by atoms with Crippen molar-refractivity contribution in [3.63, 3.8) is 0 Å². The summed E-state index contributed by atoms with van der Waals surface area (Å²) in [7, 11) is -1.61. The molecular weight excluding hydrogens is 406 g/mol. The number of sulfone groups is 1. The molecule has 2 aliphatic heterocycles. The molecule has 0 aromatic heterocycles. The molecule has 2 atom stereocenters. The molecule has 10 heteroatoms. The Morgan fingerprint density at radius 1 is 1.32 bits per heavy atom. The van der Waals surface area contributed by atoms with Crippen LogP contribution >= 0.6 is 11.6 Å². The van der Waals surface area contributed by atoms with E-state index in [0.717, 1.165) is 0 Å². The molecule has 152 valence electrons. The summed E-state index contributed by atoms with van der Waals surface area (Å²) >= 11 is 6.00. The summed E-state index contributed by atoms with van der Waals surface area (Å²) in [5.74, 6) is -1.47. The van der Waals surface area contributed by atoms with Gasteiger partial charge in [-0.05, 0) is 18.6 Å². The monoisotopic (exact) mass is 427 g/mol. The van der Waals surface area contributed by atoms with Crippen LogP contribution in [0.2, 0.25) is 5.02 Å². The third-order valence-corrected chi connectivity index (χ3v) is 7.14. The van der Waals surface area contributed by atoms with E-state index in [1.165, 1.54) is 16.8 Å². The molecule has 0 saturated carbocycles. The van der Waals surface area contributed by atoms with E-state index in [2.05, 4.69) is 5.32 Å². The molecule has 3 rings (SSSR count). The van der Waals surface area contributed by atoms with Crippen LogP contribution in [0.5, 0.6) is 0 Å². The fraction of sp³-hybridized carbons (Fsp3) is 0.500. The quantitative estimate of drug-likeness (QED) is 0.747. The summed E-state index contributed by atoms with van der Waals surface area (Å²) in [5, 5.41) is 3.05. The van der Waals surface area contributed by atoms with Gasteiger partial charge >= 0.3 is 0 Å². The van der Waals surface area contributed by atoms with Crippen LogP contribution in [0, 0.1) is 5.92 Å². The Morgan fingerprint density at radius 2 is 2.04 bits per heavy atom. The summed E-state index contributed by atoms with van der Waals surface area (Å²) < 4.78 is 23.3. The molecule has 0 radical (unpaired) electrons. The van der Waals surface area contributed by atoms with Gasteiger partial charge in [-0.2, -0.15) is 0 Å². The Balaban J connectivity index is 1.56. The van der Waals surface area contributed by atoms with Crippen molar-refractivity contribution in [3.8, 4) is 0 Å². The molecule has 0 bridgehead atoms. The van der Waals surface area contributed by atoms with Crippen LogP contribution < -0.4 is 5.32 Å². The third-order valence-electron chi connectivity index (χ3n) is 5.06. The van der Waals surface area contributed by atoms with Gasteiger partial charge in [0, 0.05) is 26.1 Å². The maximum atomic E-state index is 12.7. The van der Waals surface area contributed by atoms with Crippen molar-refractivity contribution in [2.45, 2.75) is 18.9 Å². The van der Waals surface area contributed by atoms with E-state index >= 15 is 0 Å². The lowest BCUT2D eigenvalue weighted by atomic mass is 10.1. The van der Waals surface area contributed by atoms with Crippen LogP contribution in [0.4, 0.5) is 5.69 Å². The Labute approximate surface area is 168 Å². The Bertz CT molecular complexity index is 904. The van der Waals surface area contributed by atoms with E-state index in [4.69, 9.17) is 11.6 Å².